The van der Waals surface area contributed by atoms with Gasteiger partial charge in [0.15, 0.2) is 0 Å². The quantitative estimate of drug-likeness (QED) is 0.798. The number of ether oxygens (including phenoxy) is 1. The molecule has 0 aliphatic carbocycles. The molecule has 3 aromatic heterocycles. The average Bonchev–Trinajstić information content (AvgIpc) is 3.31. The van der Waals surface area contributed by atoms with Crippen molar-refractivity contribution in [2.45, 2.75) is 18.6 Å². The molecular weight excluding hydrogens is 294 g/mol. The number of methoxy groups -OCH3 is 1. The molecule has 1 N–H and O–H groups in total. The minimum atomic E-state index is -0.0964. The maximum absolute atomic E-state index is 13.0. The highest BCUT2D eigenvalue weighted by atomic mass is 16.5. The molecule has 1 amide bonds. The van der Waals surface area contributed by atoms with Crippen LogP contribution in [0.15, 0.2) is 43.1 Å². The van der Waals surface area contributed by atoms with Crippen LogP contribution in [0.1, 0.15) is 28.6 Å². The minimum Gasteiger partial charge on any atom is -0.380 e. The van der Waals surface area contributed by atoms with Crippen LogP contribution in [0.3, 0.4) is 0 Å². The Hall–Kier alpha value is -2.67. The molecule has 4 rings (SSSR count). The van der Waals surface area contributed by atoms with Gasteiger partial charge in [0.05, 0.1) is 17.7 Å². The van der Waals surface area contributed by atoms with Gasteiger partial charge < -0.3 is 19.0 Å². The lowest BCUT2D eigenvalue weighted by Gasteiger charge is -2.23. The van der Waals surface area contributed by atoms with Crippen molar-refractivity contribution in [3.63, 3.8) is 0 Å². The van der Waals surface area contributed by atoms with Gasteiger partial charge in [0.1, 0.15) is 11.5 Å². The number of rotatable bonds is 3. The minimum absolute atomic E-state index is 0.0195. The Labute approximate surface area is 132 Å². The van der Waals surface area contributed by atoms with Crippen LogP contribution >= 0.6 is 0 Å². The predicted molar refractivity (Wildman–Crippen MR) is 83.0 cm³/mol. The van der Waals surface area contributed by atoms with Crippen molar-refractivity contribution in [1.82, 2.24) is 24.3 Å². The Bertz CT molecular complexity index is 826. The van der Waals surface area contributed by atoms with Gasteiger partial charge in [-0.3, -0.25) is 4.79 Å². The topological polar surface area (TPSA) is 75.5 Å². The van der Waals surface area contributed by atoms with Gasteiger partial charge in [-0.05, 0) is 12.1 Å². The summed E-state index contributed by atoms with van der Waals surface area (Å²) in [6.45, 7) is 0.558. The van der Waals surface area contributed by atoms with E-state index in [1.807, 2.05) is 33.8 Å². The molecule has 0 radical (unpaired) electrons. The highest BCUT2D eigenvalue weighted by Gasteiger charge is 2.38. The third kappa shape index (κ3) is 2.39. The number of amides is 1. The maximum atomic E-state index is 13.0. The Balaban J connectivity index is 1.67. The molecule has 0 spiro atoms. The number of fused-ring (bicyclic) bond motifs is 1. The molecule has 4 heterocycles. The Morgan fingerprint density at radius 1 is 1.35 bits per heavy atom. The molecule has 0 saturated carbocycles. The fraction of sp³-hybridized carbons (Fsp3) is 0.312. The number of pyridine rings is 1. The summed E-state index contributed by atoms with van der Waals surface area (Å²) in [4.78, 5) is 26.4. The van der Waals surface area contributed by atoms with Crippen molar-refractivity contribution in [3.8, 4) is 0 Å². The third-order valence-electron chi connectivity index (χ3n) is 4.33. The highest BCUT2D eigenvalue weighted by Crippen LogP contribution is 2.32. The van der Waals surface area contributed by atoms with Crippen LogP contribution in [0, 0.1) is 0 Å². The number of nitrogens with zero attached hydrogens (tertiary/aromatic N) is 4. The van der Waals surface area contributed by atoms with Crippen molar-refractivity contribution in [2.24, 2.45) is 0 Å². The highest BCUT2D eigenvalue weighted by molar-refractivity contribution is 5.94. The van der Waals surface area contributed by atoms with Gasteiger partial charge in [0.2, 0.25) is 0 Å². The summed E-state index contributed by atoms with van der Waals surface area (Å²) >= 11 is 0. The predicted octanol–water partition coefficient (Wildman–Crippen LogP) is 1.66. The number of likely N-dealkylation sites (tertiary alicyclic amines) is 1. The first-order chi connectivity index (χ1) is 11.3. The summed E-state index contributed by atoms with van der Waals surface area (Å²) in [6, 6.07) is 3.56. The Morgan fingerprint density at radius 3 is 3.04 bits per heavy atom. The monoisotopic (exact) mass is 311 g/mol. The normalized spacial score (nSPS) is 21.2. The zero-order chi connectivity index (χ0) is 15.8. The molecule has 118 valence electrons. The van der Waals surface area contributed by atoms with Crippen LogP contribution in [-0.2, 0) is 4.74 Å². The van der Waals surface area contributed by atoms with Gasteiger partial charge in [-0.25, -0.2) is 9.97 Å². The number of aromatic amines is 1. The van der Waals surface area contributed by atoms with E-state index in [1.165, 1.54) is 0 Å². The largest absolute Gasteiger partial charge is 0.380 e. The lowest BCUT2D eigenvalue weighted by molar-refractivity contribution is 0.0684. The summed E-state index contributed by atoms with van der Waals surface area (Å²) in [6.07, 6.45) is 9.59. The van der Waals surface area contributed by atoms with Crippen LogP contribution in [0.2, 0.25) is 0 Å². The lowest BCUT2D eigenvalue weighted by atomic mass is 10.1. The first-order valence-corrected chi connectivity index (χ1v) is 7.52. The second kappa shape index (κ2) is 5.51. The Morgan fingerprint density at radius 2 is 2.26 bits per heavy atom. The van der Waals surface area contributed by atoms with Crippen LogP contribution in [0.5, 0.6) is 0 Å². The van der Waals surface area contributed by atoms with Gasteiger partial charge in [0, 0.05) is 51.1 Å². The second-order valence-corrected chi connectivity index (χ2v) is 5.65. The average molecular weight is 311 g/mol. The first kappa shape index (κ1) is 14.0. The van der Waals surface area contributed by atoms with E-state index in [4.69, 9.17) is 4.74 Å². The molecule has 0 aromatic carbocycles. The summed E-state index contributed by atoms with van der Waals surface area (Å²) in [5, 5.41) is 0. The molecule has 0 bridgehead atoms. The van der Waals surface area contributed by atoms with Gasteiger partial charge in [-0.1, -0.05) is 0 Å². The summed E-state index contributed by atoms with van der Waals surface area (Å²) < 4.78 is 7.31. The van der Waals surface area contributed by atoms with Crippen molar-refractivity contribution in [2.75, 3.05) is 13.7 Å². The summed E-state index contributed by atoms with van der Waals surface area (Å²) in [5.74, 6) is 0.767. The Kier molecular flexibility index (Phi) is 3.34. The molecule has 1 fully saturated rings. The van der Waals surface area contributed by atoms with Crippen molar-refractivity contribution < 1.29 is 9.53 Å². The van der Waals surface area contributed by atoms with E-state index < -0.39 is 0 Å². The van der Waals surface area contributed by atoms with Crippen LogP contribution in [0.4, 0.5) is 0 Å². The smallest absolute Gasteiger partial charge is 0.256 e. The molecule has 3 aromatic rings. The zero-order valence-corrected chi connectivity index (χ0v) is 12.7. The molecular formula is C16H17N5O2. The van der Waals surface area contributed by atoms with Gasteiger partial charge in [-0.15, -0.1) is 0 Å². The molecule has 7 heteroatoms. The van der Waals surface area contributed by atoms with E-state index in [9.17, 15) is 4.79 Å². The SMILES string of the molecule is CO[C@@H]1CC(c2ncc[nH]2)N(C(=O)c2ccc3nccn3c2)C1. The maximum Gasteiger partial charge on any atom is 0.256 e. The van der Waals surface area contributed by atoms with Gasteiger partial charge in [-0.2, -0.15) is 0 Å². The molecule has 23 heavy (non-hydrogen) atoms. The van der Waals surface area contributed by atoms with Gasteiger partial charge in [0.25, 0.3) is 5.91 Å². The van der Waals surface area contributed by atoms with Crippen LogP contribution in [-0.4, -0.2) is 49.9 Å². The number of hydrogen-bond acceptors (Lipinski definition) is 4. The number of imidazole rings is 2. The standard InChI is InChI=1S/C16H17N5O2/c1-23-12-8-13(15-18-4-5-19-15)21(10-12)16(22)11-2-3-14-17-6-7-20(14)9-11/h2-7,9,12-13H,8,10H2,1H3,(H,18,19)/t12-,13?/m1/s1. The first-order valence-electron chi connectivity index (χ1n) is 7.52. The fourth-order valence-electron chi connectivity index (χ4n) is 3.12. The second-order valence-electron chi connectivity index (χ2n) is 5.65. The van der Waals surface area contributed by atoms with E-state index in [2.05, 4.69) is 15.0 Å². The molecule has 2 atom stereocenters. The molecule has 1 saturated heterocycles. The molecule has 1 aliphatic heterocycles. The van der Waals surface area contributed by atoms with E-state index >= 15 is 0 Å². The van der Waals surface area contributed by atoms with E-state index in [0.29, 0.717) is 12.1 Å². The van der Waals surface area contributed by atoms with E-state index in [0.717, 1.165) is 17.9 Å². The van der Waals surface area contributed by atoms with E-state index in [1.54, 1.807) is 25.7 Å². The molecule has 1 aliphatic rings. The zero-order valence-electron chi connectivity index (χ0n) is 12.7. The lowest BCUT2D eigenvalue weighted by Crippen LogP contribution is -2.32. The number of hydrogen-bond donors (Lipinski definition) is 1. The number of carbonyl (C=O) groups is 1. The van der Waals surface area contributed by atoms with Crippen molar-refractivity contribution in [1.29, 1.82) is 0 Å². The van der Waals surface area contributed by atoms with Crippen molar-refractivity contribution >= 4 is 11.6 Å². The van der Waals surface area contributed by atoms with E-state index in [-0.39, 0.29) is 18.1 Å². The summed E-state index contributed by atoms with van der Waals surface area (Å²) in [7, 11) is 1.68. The van der Waals surface area contributed by atoms with Crippen LogP contribution in [0.25, 0.3) is 5.65 Å². The van der Waals surface area contributed by atoms with Crippen molar-refractivity contribution in [3.05, 3.63) is 54.5 Å². The molecule has 7 nitrogen and oxygen atoms in total. The van der Waals surface area contributed by atoms with Crippen LogP contribution < -0.4 is 0 Å². The number of carbonyl (C=O) groups excluding carboxylic acids is 1. The fourth-order valence-corrected chi connectivity index (χ4v) is 3.12. The molecule has 1 unspecified atom stereocenters. The summed E-state index contributed by atoms with van der Waals surface area (Å²) in [5.41, 5.74) is 1.45. The third-order valence-corrected chi connectivity index (χ3v) is 4.33. The number of nitrogens with one attached hydrogen (secondary N) is 1. The number of aromatic nitrogens is 4. The number of H-pyrrole nitrogens is 1. The van der Waals surface area contributed by atoms with Gasteiger partial charge >= 0.3 is 0 Å².